The summed E-state index contributed by atoms with van der Waals surface area (Å²) in [5.74, 6) is 1.08. The van der Waals surface area contributed by atoms with E-state index in [0.29, 0.717) is 0 Å². The lowest BCUT2D eigenvalue weighted by molar-refractivity contribution is 0.882. The molecule has 0 bridgehead atoms. The summed E-state index contributed by atoms with van der Waals surface area (Å²) in [6, 6.07) is 19.1. The van der Waals surface area contributed by atoms with Crippen LogP contribution in [0, 0.1) is 0 Å². The van der Waals surface area contributed by atoms with Crippen molar-refractivity contribution in [2.24, 2.45) is 0 Å². The monoisotopic (exact) mass is 339 g/mol. The Balaban J connectivity index is 1.39. The van der Waals surface area contributed by atoms with Crippen molar-refractivity contribution in [3.63, 3.8) is 0 Å². The highest BCUT2D eigenvalue weighted by molar-refractivity contribution is 8.23. The summed E-state index contributed by atoms with van der Waals surface area (Å²) in [5.41, 5.74) is 4.02. The van der Waals surface area contributed by atoms with Crippen LogP contribution in [0.1, 0.15) is 24.0 Å². The molecule has 1 nitrogen and oxygen atoms in total. The van der Waals surface area contributed by atoms with E-state index >= 15 is 0 Å². The maximum atomic E-state index is 5.52. The van der Waals surface area contributed by atoms with Crippen LogP contribution in [0.2, 0.25) is 0 Å². The molecule has 0 saturated heterocycles. The Kier molecular flexibility index (Phi) is 5.89. The molecular weight excluding hydrogens is 318 g/mol. The van der Waals surface area contributed by atoms with Gasteiger partial charge in [-0.2, -0.15) is 0 Å². The van der Waals surface area contributed by atoms with Crippen molar-refractivity contribution in [3.8, 4) is 0 Å². The first-order valence-electron chi connectivity index (χ1n) is 8.07. The summed E-state index contributed by atoms with van der Waals surface area (Å²) < 4.78 is 1.14. The summed E-state index contributed by atoms with van der Waals surface area (Å²) in [7, 11) is 0. The van der Waals surface area contributed by atoms with Crippen LogP contribution in [0.5, 0.6) is 0 Å². The van der Waals surface area contributed by atoms with Crippen LogP contribution in [0.25, 0.3) is 10.9 Å². The van der Waals surface area contributed by atoms with Crippen LogP contribution in [-0.4, -0.2) is 14.9 Å². The van der Waals surface area contributed by atoms with Crippen molar-refractivity contribution in [3.05, 3.63) is 71.9 Å². The van der Waals surface area contributed by atoms with E-state index in [1.807, 2.05) is 11.8 Å². The number of aryl methyl sites for hydroxylation is 2. The van der Waals surface area contributed by atoms with Crippen molar-refractivity contribution < 1.29 is 0 Å². The van der Waals surface area contributed by atoms with Gasteiger partial charge < -0.3 is 4.98 Å². The fourth-order valence-corrected chi connectivity index (χ4v) is 4.01. The van der Waals surface area contributed by atoms with Gasteiger partial charge in [-0.1, -0.05) is 60.7 Å². The van der Waals surface area contributed by atoms with E-state index < -0.39 is 0 Å². The molecule has 1 aromatic heterocycles. The predicted molar refractivity (Wildman–Crippen MR) is 106 cm³/mol. The van der Waals surface area contributed by atoms with E-state index in [1.165, 1.54) is 22.0 Å². The van der Waals surface area contributed by atoms with Gasteiger partial charge in [-0.15, -0.1) is 11.8 Å². The third-order valence-corrected chi connectivity index (χ3v) is 5.49. The molecule has 118 valence electrons. The molecule has 0 spiro atoms. The number of hydrogen-bond acceptors (Lipinski definition) is 2. The number of H-pyrrole nitrogens is 1. The lowest BCUT2D eigenvalue weighted by Crippen LogP contribution is -1.95. The Morgan fingerprint density at radius 2 is 1.74 bits per heavy atom. The highest BCUT2D eigenvalue weighted by Gasteiger charge is 2.04. The summed E-state index contributed by atoms with van der Waals surface area (Å²) >= 11 is 7.35. The highest BCUT2D eigenvalue weighted by atomic mass is 32.2. The van der Waals surface area contributed by atoms with Gasteiger partial charge in [0.05, 0.1) is 0 Å². The average Bonchev–Trinajstić information content (AvgIpc) is 2.99. The molecule has 3 heteroatoms. The molecule has 0 atom stereocenters. The highest BCUT2D eigenvalue weighted by Crippen LogP contribution is 2.20. The fourth-order valence-electron chi connectivity index (χ4n) is 2.76. The second-order valence-electron chi connectivity index (χ2n) is 5.67. The SMILES string of the molecule is S=C(CCCc1c[nH]c2ccccc12)SCCc1ccccc1. The van der Waals surface area contributed by atoms with E-state index in [2.05, 4.69) is 65.8 Å². The van der Waals surface area contributed by atoms with Gasteiger partial charge in [0.25, 0.3) is 0 Å². The number of fused-ring (bicyclic) bond motifs is 1. The van der Waals surface area contributed by atoms with Crippen LogP contribution >= 0.6 is 24.0 Å². The zero-order valence-electron chi connectivity index (χ0n) is 13.1. The minimum atomic E-state index is 1.02. The number of rotatable bonds is 7. The molecule has 3 aromatic rings. The molecule has 0 aliphatic rings. The molecule has 0 radical (unpaired) electrons. The smallest absolute Gasteiger partial charge is 0.0478 e. The van der Waals surface area contributed by atoms with Crippen molar-refractivity contribution >= 4 is 39.1 Å². The topological polar surface area (TPSA) is 15.8 Å². The van der Waals surface area contributed by atoms with E-state index in [1.54, 1.807) is 0 Å². The van der Waals surface area contributed by atoms with Gasteiger partial charge in [0.15, 0.2) is 0 Å². The van der Waals surface area contributed by atoms with Crippen molar-refractivity contribution in [1.29, 1.82) is 0 Å². The van der Waals surface area contributed by atoms with Gasteiger partial charge >= 0.3 is 0 Å². The molecule has 0 aliphatic heterocycles. The molecule has 0 fully saturated rings. The number of aromatic amines is 1. The van der Waals surface area contributed by atoms with Gasteiger partial charge in [0.2, 0.25) is 0 Å². The molecule has 2 aromatic carbocycles. The lowest BCUT2D eigenvalue weighted by Gasteiger charge is -2.04. The molecule has 23 heavy (non-hydrogen) atoms. The first-order valence-corrected chi connectivity index (χ1v) is 9.47. The van der Waals surface area contributed by atoms with E-state index in [9.17, 15) is 0 Å². The molecule has 0 saturated carbocycles. The van der Waals surface area contributed by atoms with Crippen LogP contribution in [0.3, 0.4) is 0 Å². The Hall–Kier alpha value is -1.58. The van der Waals surface area contributed by atoms with Gasteiger partial charge in [-0.3, -0.25) is 0 Å². The van der Waals surface area contributed by atoms with E-state index in [-0.39, 0.29) is 0 Å². The van der Waals surface area contributed by atoms with E-state index in [4.69, 9.17) is 12.2 Å². The lowest BCUT2D eigenvalue weighted by atomic mass is 10.1. The van der Waals surface area contributed by atoms with Crippen LogP contribution in [-0.2, 0) is 12.8 Å². The van der Waals surface area contributed by atoms with Crippen LogP contribution < -0.4 is 0 Å². The Labute approximate surface area is 147 Å². The minimum absolute atomic E-state index is 1.02. The number of thiocarbonyl (C=S) groups is 1. The van der Waals surface area contributed by atoms with Crippen molar-refractivity contribution in [1.82, 2.24) is 4.98 Å². The quantitative estimate of drug-likeness (QED) is 0.548. The number of hydrogen-bond donors (Lipinski definition) is 1. The van der Waals surface area contributed by atoms with Crippen molar-refractivity contribution in [2.75, 3.05) is 5.75 Å². The minimum Gasteiger partial charge on any atom is -0.361 e. The second kappa shape index (κ2) is 8.32. The zero-order chi connectivity index (χ0) is 15.9. The zero-order valence-corrected chi connectivity index (χ0v) is 14.8. The van der Waals surface area contributed by atoms with Gasteiger partial charge in [0.1, 0.15) is 0 Å². The number of nitrogens with one attached hydrogen (secondary N) is 1. The normalized spacial score (nSPS) is 11.0. The molecule has 1 heterocycles. The van der Waals surface area contributed by atoms with Crippen LogP contribution in [0.15, 0.2) is 60.8 Å². The molecule has 0 amide bonds. The molecule has 0 unspecified atom stereocenters. The summed E-state index contributed by atoms with van der Waals surface area (Å²) in [6.45, 7) is 0. The molecule has 3 rings (SSSR count). The van der Waals surface area contributed by atoms with Gasteiger partial charge in [0, 0.05) is 27.0 Å². The Morgan fingerprint density at radius 3 is 2.61 bits per heavy atom. The Morgan fingerprint density at radius 1 is 0.957 bits per heavy atom. The summed E-state index contributed by atoms with van der Waals surface area (Å²) in [4.78, 5) is 3.34. The average molecular weight is 340 g/mol. The maximum absolute atomic E-state index is 5.52. The summed E-state index contributed by atoms with van der Waals surface area (Å²) in [5, 5.41) is 1.34. The third kappa shape index (κ3) is 4.69. The number of para-hydroxylation sites is 1. The largest absolute Gasteiger partial charge is 0.361 e. The fraction of sp³-hybridized carbons (Fsp3) is 0.250. The van der Waals surface area contributed by atoms with E-state index in [0.717, 1.165) is 35.6 Å². The molecule has 1 N–H and O–H groups in total. The summed E-state index contributed by atoms with van der Waals surface area (Å²) in [6.07, 6.45) is 6.46. The van der Waals surface area contributed by atoms with Crippen LogP contribution in [0.4, 0.5) is 0 Å². The second-order valence-corrected chi connectivity index (χ2v) is 7.61. The van der Waals surface area contributed by atoms with Gasteiger partial charge in [-0.05, 0) is 42.9 Å². The predicted octanol–water partition coefficient (Wildman–Crippen LogP) is 5.79. The van der Waals surface area contributed by atoms with Crippen molar-refractivity contribution in [2.45, 2.75) is 25.7 Å². The number of thioether (sulfide) groups is 1. The number of benzene rings is 2. The molecule has 0 aliphatic carbocycles. The first-order chi connectivity index (χ1) is 11.3. The Bertz CT molecular complexity index is 761. The third-order valence-electron chi connectivity index (χ3n) is 4.00. The molecular formula is C20H21NS2. The standard InChI is InChI=1S/C20H21NS2/c22-20(23-14-13-16-7-2-1-3-8-16)12-6-9-17-15-21-19-11-5-4-10-18(17)19/h1-5,7-8,10-11,15,21H,6,9,12-14H2. The van der Waals surface area contributed by atoms with Gasteiger partial charge in [-0.25, -0.2) is 0 Å². The maximum Gasteiger partial charge on any atom is 0.0478 e. The number of aromatic nitrogens is 1. The first kappa shape index (κ1) is 16.3.